The molecule has 1 aromatic carbocycles. The van der Waals surface area contributed by atoms with Crippen molar-refractivity contribution in [1.29, 1.82) is 0 Å². The SMILES string of the molecule is Cc1nnc(N/N=C/c2sc(Nc3ccccc3Cl)nc2Cl)[nH]c1=O. The van der Waals surface area contributed by atoms with E-state index in [0.29, 0.717) is 15.0 Å². The van der Waals surface area contributed by atoms with Gasteiger partial charge in [-0.15, -0.1) is 10.2 Å². The Hall–Kier alpha value is -2.49. The highest BCUT2D eigenvalue weighted by Crippen LogP contribution is 2.30. The number of aromatic nitrogens is 4. The fourth-order valence-electron chi connectivity index (χ4n) is 1.72. The number of thiazole rings is 1. The van der Waals surface area contributed by atoms with Crippen molar-refractivity contribution in [2.24, 2.45) is 5.10 Å². The van der Waals surface area contributed by atoms with Crippen molar-refractivity contribution in [3.63, 3.8) is 0 Å². The molecule has 3 rings (SSSR count). The number of hydrogen-bond donors (Lipinski definition) is 3. The summed E-state index contributed by atoms with van der Waals surface area (Å²) in [5.41, 5.74) is 3.24. The summed E-state index contributed by atoms with van der Waals surface area (Å²) < 4.78 is 0. The molecule has 0 unspecified atom stereocenters. The number of nitrogens with zero attached hydrogens (tertiary/aromatic N) is 4. The second kappa shape index (κ2) is 7.60. The number of H-pyrrole nitrogens is 1. The molecule has 0 spiro atoms. The number of aryl methyl sites for hydroxylation is 1. The maximum absolute atomic E-state index is 11.4. The van der Waals surface area contributed by atoms with Gasteiger partial charge in [0.2, 0.25) is 5.95 Å². The number of para-hydroxylation sites is 1. The van der Waals surface area contributed by atoms with Crippen LogP contribution in [-0.4, -0.2) is 26.4 Å². The number of halogens is 2. The van der Waals surface area contributed by atoms with E-state index in [1.54, 1.807) is 13.0 Å². The molecule has 0 saturated heterocycles. The zero-order valence-corrected chi connectivity index (χ0v) is 15.1. The normalized spacial score (nSPS) is 11.0. The molecule has 8 nitrogen and oxygen atoms in total. The third-order valence-corrected chi connectivity index (χ3v) is 4.57. The lowest BCUT2D eigenvalue weighted by atomic mass is 10.3. The number of hydrazone groups is 1. The van der Waals surface area contributed by atoms with Gasteiger partial charge in [0, 0.05) is 0 Å². The van der Waals surface area contributed by atoms with Crippen molar-refractivity contribution >= 4 is 57.5 Å². The molecule has 0 fully saturated rings. The van der Waals surface area contributed by atoms with Gasteiger partial charge in [-0.1, -0.05) is 46.7 Å². The van der Waals surface area contributed by atoms with Crippen molar-refractivity contribution in [1.82, 2.24) is 20.2 Å². The lowest BCUT2D eigenvalue weighted by Gasteiger charge is -2.03. The van der Waals surface area contributed by atoms with Gasteiger partial charge in [0.25, 0.3) is 5.56 Å². The smallest absolute Gasteiger partial charge is 0.274 e. The van der Waals surface area contributed by atoms with E-state index in [-0.39, 0.29) is 22.4 Å². The summed E-state index contributed by atoms with van der Waals surface area (Å²) in [5, 5.41) is 15.9. The van der Waals surface area contributed by atoms with E-state index in [1.807, 2.05) is 18.2 Å². The molecular formula is C14H11Cl2N7OS. The minimum atomic E-state index is -0.338. The lowest BCUT2D eigenvalue weighted by molar-refractivity contribution is 0.897. The molecule has 3 N–H and O–H groups in total. The number of nitrogens with one attached hydrogen (secondary N) is 3. The Morgan fingerprint density at radius 3 is 2.84 bits per heavy atom. The molecule has 25 heavy (non-hydrogen) atoms. The average Bonchev–Trinajstić information content (AvgIpc) is 2.93. The van der Waals surface area contributed by atoms with Crippen LogP contribution >= 0.6 is 34.5 Å². The highest BCUT2D eigenvalue weighted by Gasteiger charge is 2.09. The summed E-state index contributed by atoms with van der Waals surface area (Å²) in [5.74, 6) is 0.127. The first-order chi connectivity index (χ1) is 12.0. The van der Waals surface area contributed by atoms with Crippen LogP contribution in [0.4, 0.5) is 16.8 Å². The van der Waals surface area contributed by atoms with E-state index >= 15 is 0 Å². The van der Waals surface area contributed by atoms with Crippen LogP contribution in [0.25, 0.3) is 0 Å². The molecule has 128 valence electrons. The Balaban J connectivity index is 1.71. The third-order valence-electron chi connectivity index (χ3n) is 2.94. The summed E-state index contributed by atoms with van der Waals surface area (Å²) in [4.78, 5) is 18.8. The van der Waals surface area contributed by atoms with Crippen LogP contribution in [0.1, 0.15) is 10.6 Å². The molecule has 0 aliphatic carbocycles. The summed E-state index contributed by atoms with van der Waals surface area (Å²) in [6, 6.07) is 7.30. The molecule has 0 saturated carbocycles. The monoisotopic (exact) mass is 395 g/mol. The third kappa shape index (κ3) is 4.32. The van der Waals surface area contributed by atoms with Crippen molar-refractivity contribution in [3.05, 3.63) is 55.4 Å². The first kappa shape index (κ1) is 17.3. The van der Waals surface area contributed by atoms with Crippen LogP contribution in [0.3, 0.4) is 0 Å². The van der Waals surface area contributed by atoms with E-state index in [0.717, 1.165) is 5.69 Å². The van der Waals surface area contributed by atoms with Gasteiger partial charge >= 0.3 is 0 Å². The molecule has 2 heterocycles. The minimum absolute atomic E-state index is 0.127. The quantitative estimate of drug-likeness (QED) is 0.451. The number of anilines is 3. The molecule has 0 atom stereocenters. The molecule has 11 heteroatoms. The van der Waals surface area contributed by atoms with E-state index in [9.17, 15) is 4.79 Å². The Labute approximate surface area is 155 Å². The van der Waals surface area contributed by atoms with Crippen molar-refractivity contribution < 1.29 is 0 Å². The molecular weight excluding hydrogens is 385 g/mol. The van der Waals surface area contributed by atoms with Crippen LogP contribution in [0, 0.1) is 6.92 Å². The van der Waals surface area contributed by atoms with E-state index < -0.39 is 0 Å². The highest BCUT2D eigenvalue weighted by molar-refractivity contribution is 7.17. The molecule has 2 aromatic heterocycles. The maximum atomic E-state index is 11.4. The standard InChI is InChI=1S/C14H11Cl2N7OS/c1-7-12(24)20-13(23-21-7)22-17-6-10-11(16)19-14(25-10)18-9-5-3-2-4-8(9)15/h2-6H,1H3,(H,18,19)(H2,20,22,23,24)/b17-6+. The Bertz CT molecular complexity index is 985. The summed E-state index contributed by atoms with van der Waals surface area (Å²) in [6.45, 7) is 1.56. The van der Waals surface area contributed by atoms with Crippen LogP contribution in [0.2, 0.25) is 10.2 Å². The first-order valence-corrected chi connectivity index (χ1v) is 8.51. The number of hydrogen-bond acceptors (Lipinski definition) is 8. The number of benzene rings is 1. The first-order valence-electron chi connectivity index (χ1n) is 6.93. The highest BCUT2D eigenvalue weighted by atomic mass is 35.5. The minimum Gasteiger partial charge on any atom is -0.330 e. The largest absolute Gasteiger partial charge is 0.330 e. The van der Waals surface area contributed by atoms with Crippen LogP contribution in [0.5, 0.6) is 0 Å². The van der Waals surface area contributed by atoms with Gasteiger partial charge in [-0.3, -0.25) is 9.78 Å². The van der Waals surface area contributed by atoms with Crippen molar-refractivity contribution in [2.45, 2.75) is 6.92 Å². The second-order valence-electron chi connectivity index (χ2n) is 4.74. The summed E-state index contributed by atoms with van der Waals surface area (Å²) in [6.07, 6.45) is 1.47. The van der Waals surface area contributed by atoms with Gasteiger partial charge in [0.1, 0.15) is 5.69 Å². The van der Waals surface area contributed by atoms with E-state index in [1.165, 1.54) is 17.6 Å². The van der Waals surface area contributed by atoms with Crippen LogP contribution in [0.15, 0.2) is 34.2 Å². The van der Waals surface area contributed by atoms with Gasteiger partial charge in [0.15, 0.2) is 10.3 Å². The number of rotatable bonds is 5. The Morgan fingerprint density at radius 1 is 1.28 bits per heavy atom. The lowest BCUT2D eigenvalue weighted by Crippen LogP contribution is -2.15. The molecule has 0 aliphatic heterocycles. The molecule has 0 aliphatic rings. The zero-order valence-electron chi connectivity index (χ0n) is 12.7. The fraction of sp³-hybridized carbons (Fsp3) is 0.0714. The predicted octanol–water partition coefficient (Wildman–Crippen LogP) is 3.43. The van der Waals surface area contributed by atoms with E-state index in [4.69, 9.17) is 23.2 Å². The van der Waals surface area contributed by atoms with Crippen LogP contribution < -0.4 is 16.3 Å². The van der Waals surface area contributed by atoms with Gasteiger partial charge in [-0.25, -0.2) is 10.4 Å². The average molecular weight is 396 g/mol. The summed E-state index contributed by atoms with van der Waals surface area (Å²) in [7, 11) is 0. The van der Waals surface area contributed by atoms with Gasteiger partial charge in [0.05, 0.1) is 21.8 Å². The molecule has 0 amide bonds. The van der Waals surface area contributed by atoms with E-state index in [2.05, 4.69) is 36.0 Å². The molecule has 0 bridgehead atoms. The fourth-order valence-corrected chi connectivity index (χ4v) is 2.94. The predicted molar refractivity (Wildman–Crippen MR) is 100 cm³/mol. The Kier molecular flexibility index (Phi) is 5.27. The molecule has 0 radical (unpaired) electrons. The topological polar surface area (TPSA) is 108 Å². The Morgan fingerprint density at radius 2 is 2.08 bits per heavy atom. The maximum Gasteiger partial charge on any atom is 0.274 e. The zero-order chi connectivity index (χ0) is 17.8. The van der Waals surface area contributed by atoms with Crippen LogP contribution in [-0.2, 0) is 0 Å². The van der Waals surface area contributed by atoms with Crippen molar-refractivity contribution in [2.75, 3.05) is 10.7 Å². The number of aromatic amines is 1. The van der Waals surface area contributed by atoms with Gasteiger partial charge < -0.3 is 5.32 Å². The second-order valence-corrected chi connectivity index (χ2v) is 6.53. The molecule has 3 aromatic rings. The van der Waals surface area contributed by atoms with Gasteiger partial charge in [-0.05, 0) is 19.1 Å². The van der Waals surface area contributed by atoms with Gasteiger partial charge in [-0.2, -0.15) is 5.10 Å². The van der Waals surface area contributed by atoms with Crippen molar-refractivity contribution in [3.8, 4) is 0 Å². The summed E-state index contributed by atoms with van der Waals surface area (Å²) >= 11 is 13.5.